The highest BCUT2D eigenvalue weighted by molar-refractivity contribution is 6.02. The predicted molar refractivity (Wildman–Crippen MR) is 82.5 cm³/mol. The van der Waals surface area contributed by atoms with Gasteiger partial charge in [-0.05, 0) is 60.5 Å². The first-order valence-corrected chi connectivity index (χ1v) is 7.58. The number of carbonyl (C=O) groups excluding carboxylic acids is 1. The van der Waals surface area contributed by atoms with Crippen molar-refractivity contribution in [2.24, 2.45) is 0 Å². The Morgan fingerprint density at radius 3 is 2.88 bits per heavy atom. The van der Waals surface area contributed by atoms with Crippen molar-refractivity contribution in [1.82, 2.24) is 20.2 Å². The van der Waals surface area contributed by atoms with Gasteiger partial charge >= 0.3 is 0 Å². The van der Waals surface area contributed by atoms with Crippen LogP contribution in [0.5, 0.6) is 0 Å². The second kappa shape index (κ2) is 5.55. The van der Waals surface area contributed by atoms with Gasteiger partial charge in [-0.3, -0.25) is 4.79 Å². The van der Waals surface area contributed by atoms with Crippen LogP contribution in [0.4, 0.5) is 10.1 Å². The van der Waals surface area contributed by atoms with Gasteiger partial charge in [0.2, 0.25) is 0 Å². The number of nitrogens with zero attached hydrogens (tertiary/aromatic N) is 4. The first kappa shape index (κ1) is 14.6. The molecule has 2 aromatic heterocycles. The van der Waals surface area contributed by atoms with Crippen molar-refractivity contribution >= 4 is 11.6 Å². The van der Waals surface area contributed by atoms with E-state index in [0.29, 0.717) is 17.4 Å². The van der Waals surface area contributed by atoms with E-state index in [4.69, 9.17) is 4.42 Å². The van der Waals surface area contributed by atoms with Gasteiger partial charge in [-0.1, -0.05) is 0 Å². The number of anilines is 1. The molecule has 0 unspecified atom stereocenters. The maximum atomic E-state index is 14.1. The quantitative estimate of drug-likeness (QED) is 0.796. The van der Waals surface area contributed by atoms with Crippen LogP contribution in [0.3, 0.4) is 0 Å². The molecule has 0 bridgehead atoms. The molecule has 1 amide bonds. The van der Waals surface area contributed by atoms with Crippen molar-refractivity contribution < 1.29 is 13.6 Å². The SMILES string of the molecule is Cc1ccc(C(=O)Nc2cc(-n3nnnc3C3CC3)ccc2F)o1. The molecule has 1 aliphatic carbocycles. The summed E-state index contributed by atoms with van der Waals surface area (Å²) in [4.78, 5) is 12.1. The summed E-state index contributed by atoms with van der Waals surface area (Å²) in [5, 5.41) is 14.2. The minimum atomic E-state index is -0.545. The summed E-state index contributed by atoms with van der Waals surface area (Å²) in [6.07, 6.45) is 2.09. The second-order valence-corrected chi connectivity index (χ2v) is 5.75. The lowest BCUT2D eigenvalue weighted by Crippen LogP contribution is -2.13. The minimum absolute atomic E-state index is 0.0452. The number of benzene rings is 1. The molecule has 122 valence electrons. The fourth-order valence-electron chi connectivity index (χ4n) is 2.46. The number of amides is 1. The van der Waals surface area contributed by atoms with Crippen LogP contribution in [0.1, 0.15) is 40.9 Å². The topological polar surface area (TPSA) is 85.8 Å². The number of rotatable bonds is 4. The molecule has 3 aromatic rings. The molecule has 2 heterocycles. The van der Waals surface area contributed by atoms with Crippen molar-refractivity contribution in [3.05, 3.63) is 53.5 Å². The van der Waals surface area contributed by atoms with E-state index < -0.39 is 11.7 Å². The Labute approximate surface area is 136 Å². The standard InChI is InChI=1S/C16H14FN5O2/c1-9-2-7-14(24-9)16(23)18-13-8-11(5-6-12(13)17)22-15(10-3-4-10)19-20-21-22/h2,5-8,10H,3-4H2,1H3,(H,18,23). The number of aryl methyl sites for hydroxylation is 1. The Morgan fingerprint density at radius 2 is 2.17 bits per heavy atom. The summed E-state index contributed by atoms with van der Waals surface area (Å²) >= 11 is 0. The minimum Gasteiger partial charge on any atom is -0.456 e. The Morgan fingerprint density at radius 1 is 1.33 bits per heavy atom. The molecular formula is C16H14FN5O2. The van der Waals surface area contributed by atoms with E-state index >= 15 is 0 Å². The fraction of sp³-hybridized carbons (Fsp3) is 0.250. The number of halogens is 1. The molecule has 7 nitrogen and oxygen atoms in total. The van der Waals surface area contributed by atoms with Gasteiger partial charge in [0.15, 0.2) is 11.6 Å². The average molecular weight is 327 g/mol. The average Bonchev–Trinajstić information content (AvgIpc) is 3.12. The highest BCUT2D eigenvalue weighted by Gasteiger charge is 2.30. The zero-order valence-corrected chi connectivity index (χ0v) is 12.9. The van der Waals surface area contributed by atoms with Gasteiger partial charge in [0.25, 0.3) is 5.91 Å². The van der Waals surface area contributed by atoms with Crippen LogP contribution in [0.25, 0.3) is 5.69 Å². The third-order valence-corrected chi connectivity index (χ3v) is 3.84. The monoisotopic (exact) mass is 327 g/mol. The van der Waals surface area contributed by atoms with Crippen LogP contribution in [-0.4, -0.2) is 26.1 Å². The number of carbonyl (C=O) groups is 1. The van der Waals surface area contributed by atoms with E-state index in [-0.39, 0.29) is 11.4 Å². The van der Waals surface area contributed by atoms with Crippen LogP contribution in [0.15, 0.2) is 34.7 Å². The second-order valence-electron chi connectivity index (χ2n) is 5.75. The van der Waals surface area contributed by atoms with Crippen LogP contribution < -0.4 is 5.32 Å². The molecular weight excluding hydrogens is 313 g/mol. The zero-order chi connectivity index (χ0) is 16.7. The molecule has 1 N–H and O–H groups in total. The smallest absolute Gasteiger partial charge is 0.291 e. The van der Waals surface area contributed by atoms with Crippen molar-refractivity contribution in [3.63, 3.8) is 0 Å². The van der Waals surface area contributed by atoms with E-state index in [0.717, 1.165) is 18.7 Å². The van der Waals surface area contributed by atoms with E-state index in [2.05, 4.69) is 20.8 Å². The lowest BCUT2D eigenvalue weighted by Gasteiger charge is -2.09. The maximum Gasteiger partial charge on any atom is 0.291 e. The van der Waals surface area contributed by atoms with Gasteiger partial charge in [0, 0.05) is 5.92 Å². The van der Waals surface area contributed by atoms with Crippen LogP contribution >= 0.6 is 0 Å². The van der Waals surface area contributed by atoms with Gasteiger partial charge in [-0.25, -0.2) is 4.39 Å². The summed E-state index contributed by atoms with van der Waals surface area (Å²) in [6, 6.07) is 7.57. The van der Waals surface area contributed by atoms with Crippen molar-refractivity contribution in [2.75, 3.05) is 5.32 Å². The number of tetrazole rings is 1. The van der Waals surface area contributed by atoms with E-state index in [9.17, 15) is 9.18 Å². The van der Waals surface area contributed by atoms with Crippen LogP contribution in [0, 0.1) is 12.7 Å². The molecule has 0 radical (unpaired) electrons. The summed E-state index contributed by atoms with van der Waals surface area (Å²) in [5.41, 5.74) is 0.637. The van der Waals surface area contributed by atoms with Gasteiger partial charge < -0.3 is 9.73 Å². The van der Waals surface area contributed by atoms with Crippen LogP contribution in [-0.2, 0) is 0 Å². The van der Waals surface area contributed by atoms with Crippen molar-refractivity contribution in [3.8, 4) is 5.69 Å². The Hall–Kier alpha value is -3.03. The normalized spacial score (nSPS) is 13.9. The lowest BCUT2D eigenvalue weighted by molar-refractivity contribution is 0.0995. The van der Waals surface area contributed by atoms with Gasteiger partial charge in [-0.2, -0.15) is 4.68 Å². The van der Waals surface area contributed by atoms with E-state index in [1.165, 1.54) is 12.1 Å². The predicted octanol–water partition coefficient (Wildman–Crippen LogP) is 2.83. The summed E-state index contributed by atoms with van der Waals surface area (Å²) in [7, 11) is 0. The molecule has 8 heteroatoms. The molecule has 1 aromatic carbocycles. The number of furan rings is 1. The fourth-order valence-corrected chi connectivity index (χ4v) is 2.46. The maximum absolute atomic E-state index is 14.1. The zero-order valence-electron chi connectivity index (χ0n) is 12.9. The van der Waals surface area contributed by atoms with Gasteiger partial charge in [0.1, 0.15) is 11.6 Å². The number of nitrogens with one attached hydrogen (secondary N) is 1. The number of hydrogen-bond acceptors (Lipinski definition) is 5. The Kier molecular flexibility index (Phi) is 3.37. The molecule has 4 rings (SSSR count). The molecule has 0 atom stereocenters. The first-order chi connectivity index (χ1) is 11.6. The summed E-state index contributed by atoms with van der Waals surface area (Å²) in [6.45, 7) is 1.73. The highest BCUT2D eigenvalue weighted by atomic mass is 19.1. The molecule has 1 aliphatic rings. The lowest BCUT2D eigenvalue weighted by atomic mass is 10.2. The largest absolute Gasteiger partial charge is 0.456 e. The third-order valence-electron chi connectivity index (χ3n) is 3.84. The molecule has 1 fully saturated rings. The van der Waals surface area contributed by atoms with Crippen LogP contribution in [0.2, 0.25) is 0 Å². The molecule has 1 saturated carbocycles. The Bertz CT molecular complexity index is 913. The van der Waals surface area contributed by atoms with Gasteiger partial charge in [-0.15, -0.1) is 5.10 Å². The first-order valence-electron chi connectivity index (χ1n) is 7.58. The van der Waals surface area contributed by atoms with Gasteiger partial charge in [0.05, 0.1) is 11.4 Å². The van der Waals surface area contributed by atoms with E-state index in [1.54, 1.807) is 29.8 Å². The third kappa shape index (κ3) is 2.66. The highest BCUT2D eigenvalue weighted by Crippen LogP contribution is 2.39. The molecule has 0 spiro atoms. The summed E-state index contributed by atoms with van der Waals surface area (Å²) < 4.78 is 20.9. The summed E-state index contributed by atoms with van der Waals surface area (Å²) in [5.74, 6) is 0.764. The number of aromatic nitrogens is 4. The van der Waals surface area contributed by atoms with E-state index in [1.807, 2.05) is 0 Å². The number of hydrogen-bond donors (Lipinski definition) is 1. The van der Waals surface area contributed by atoms with Crippen molar-refractivity contribution in [1.29, 1.82) is 0 Å². The Balaban J connectivity index is 1.64. The molecule has 24 heavy (non-hydrogen) atoms. The molecule has 0 saturated heterocycles. The van der Waals surface area contributed by atoms with Crippen molar-refractivity contribution in [2.45, 2.75) is 25.7 Å². The molecule has 0 aliphatic heterocycles.